The minimum absolute atomic E-state index is 0.138. The van der Waals surface area contributed by atoms with Gasteiger partial charge in [0, 0.05) is 24.1 Å². The summed E-state index contributed by atoms with van der Waals surface area (Å²) in [6.45, 7) is 6.01. The maximum atomic E-state index is 13.5. The van der Waals surface area contributed by atoms with Crippen LogP contribution in [0.15, 0.2) is 30.3 Å². The predicted molar refractivity (Wildman–Crippen MR) is 104 cm³/mol. The van der Waals surface area contributed by atoms with E-state index in [9.17, 15) is 14.5 Å². The molecule has 1 aromatic carbocycles. The highest BCUT2D eigenvalue weighted by Crippen LogP contribution is 2.53. The second-order valence-electron chi connectivity index (χ2n) is 6.58. The number of hydrogen-bond donors (Lipinski definition) is 1. The first-order valence-corrected chi connectivity index (χ1v) is 10.3. The van der Waals surface area contributed by atoms with Crippen molar-refractivity contribution in [3.63, 3.8) is 0 Å². The summed E-state index contributed by atoms with van der Waals surface area (Å²) in [5.74, 6) is -1.05. The fourth-order valence-corrected chi connectivity index (χ4v) is 5.36. The molecule has 8 heteroatoms. The molecule has 0 saturated heterocycles. The molecule has 1 N–H and O–H groups in total. The van der Waals surface area contributed by atoms with Crippen LogP contribution in [0.1, 0.15) is 35.3 Å². The van der Waals surface area contributed by atoms with Gasteiger partial charge < -0.3 is 9.63 Å². The number of carboxylic acids is 1. The fraction of sp³-hybridized carbons (Fsp3) is 0.353. The largest absolute Gasteiger partial charge is 0.477 e. The van der Waals surface area contributed by atoms with Gasteiger partial charge in [0.05, 0.1) is 11.0 Å². The number of carbonyl (C=O) groups is 1. The predicted octanol–water partition coefficient (Wildman–Crippen LogP) is 5.00. The number of aromatic carboxylic acids is 1. The molecule has 2 aromatic rings. The molecular weight excluding hydrogens is 381 g/mol. The highest BCUT2D eigenvalue weighted by Gasteiger charge is 2.35. The Morgan fingerprint density at radius 3 is 2.28 bits per heavy atom. The summed E-state index contributed by atoms with van der Waals surface area (Å²) in [6.07, 6.45) is 0. The maximum Gasteiger partial charge on any atom is 0.348 e. The summed E-state index contributed by atoms with van der Waals surface area (Å²) in [5.41, 5.74) is 0.160. The number of nitrogens with zero attached hydrogens (tertiary/aromatic N) is 1. The molecular formula is C17H21ClNO4PS. The highest BCUT2D eigenvalue weighted by molar-refractivity contribution is 7.68. The van der Waals surface area contributed by atoms with E-state index in [0.717, 1.165) is 4.88 Å². The lowest BCUT2D eigenvalue weighted by molar-refractivity contribution is 0.0703. The molecule has 1 aromatic heterocycles. The minimum Gasteiger partial charge on any atom is -0.477 e. The average molecular weight is 402 g/mol. The van der Waals surface area contributed by atoms with Crippen molar-refractivity contribution in [3.8, 4) is 0 Å². The Hall–Kier alpha value is -1.33. The average Bonchev–Trinajstić information content (AvgIpc) is 2.99. The Labute approximate surface area is 156 Å². The van der Waals surface area contributed by atoms with Crippen molar-refractivity contribution in [1.29, 1.82) is 0 Å². The van der Waals surface area contributed by atoms with Crippen LogP contribution in [0, 0.1) is 0 Å². The molecule has 0 saturated carbocycles. The summed E-state index contributed by atoms with van der Waals surface area (Å²) in [7, 11) is -0.539. The molecule has 5 nitrogen and oxygen atoms in total. The Bertz CT molecular complexity index is 826. The van der Waals surface area contributed by atoms with Crippen LogP contribution in [0.2, 0.25) is 5.02 Å². The molecule has 1 heterocycles. The van der Waals surface area contributed by atoms with Gasteiger partial charge in [0.25, 0.3) is 0 Å². The van der Waals surface area contributed by atoms with Crippen LogP contribution in [-0.2, 0) is 14.5 Å². The van der Waals surface area contributed by atoms with Crippen LogP contribution < -0.4 is 9.97 Å². The van der Waals surface area contributed by atoms with Gasteiger partial charge in [-0.1, -0.05) is 32.4 Å². The normalized spacial score (nSPS) is 14.2. The zero-order valence-corrected chi connectivity index (χ0v) is 17.2. The molecule has 0 bridgehead atoms. The first-order valence-electron chi connectivity index (χ1n) is 7.54. The van der Waals surface area contributed by atoms with Gasteiger partial charge in [0.15, 0.2) is 0 Å². The van der Waals surface area contributed by atoms with Gasteiger partial charge in [-0.05, 0) is 35.7 Å². The Morgan fingerprint density at radius 1 is 1.28 bits per heavy atom. The third kappa shape index (κ3) is 3.93. The minimum atomic E-state index is -3.47. The van der Waals surface area contributed by atoms with E-state index in [1.165, 1.54) is 23.1 Å². The van der Waals surface area contributed by atoms with E-state index >= 15 is 0 Å². The second-order valence-corrected chi connectivity index (χ2v) is 10.6. The van der Waals surface area contributed by atoms with E-state index in [-0.39, 0.29) is 10.3 Å². The molecule has 0 radical (unpaired) electrons. The van der Waals surface area contributed by atoms with Gasteiger partial charge in [-0.2, -0.15) is 0 Å². The summed E-state index contributed by atoms with van der Waals surface area (Å²) in [5, 5.41) is 10.5. The molecule has 0 spiro atoms. The van der Waals surface area contributed by atoms with Gasteiger partial charge in [0.1, 0.15) is 4.88 Å². The Balaban J connectivity index is 2.59. The van der Waals surface area contributed by atoms with Gasteiger partial charge in [-0.25, -0.2) is 4.79 Å². The van der Waals surface area contributed by atoms with Gasteiger partial charge >= 0.3 is 13.5 Å². The molecule has 0 aliphatic rings. The van der Waals surface area contributed by atoms with Crippen molar-refractivity contribution in [2.75, 3.05) is 18.8 Å². The molecule has 0 amide bonds. The summed E-state index contributed by atoms with van der Waals surface area (Å²) < 4.78 is 20.3. The molecule has 2 rings (SSSR count). The van der Waals surface area contributed by atoms with Crippen LogP contribution in [0.3, 0.4) is 0 Å². The third-order valence-corrected chi connectivity index (χ3v) is 8.03. The standard InChI is InChI=1S/C17H21ClNO4PS/c1-17(2,3)14-10-13(15(25-14)16(20)21)19(4)24(22,23-5)12-8-6-11(18)7-9-12/h6-10H,1-5H3,(H,20,21). The van der Waals surface area contributed by atoms with E-state index < -0.39 is 13.5 Å². The zero-order valence-electron chi connectivity index (χ0n) is 14.7. The van der Waals surface area contributed by atoms with E-state index in [1.54, 1.807) is 37.4 Å². The lowest BCUT2D eigenvalue weighted by Crippen LogP contribution is -2.24. The van der Waals surface area contributed by atoms with E-state index in [1.807, 2.05) is 20.8 Å². The van der Waals surface area contributed by atoms with Crippen molar-refractivity contribution in [2.45, 2.75) is 26.2 Å². The number of carboxylic acid groups (broad SMARTS) is 1. The van der Waals surface area contributed by atoms with Crippen molar-refractivity contribution >= 4 is 47.4 Å². The monoisotopic (exact) mass is 401 g/mol. The number of rotatable bonds is 5. The summed E-state index contributed by atoms with van der Waals surface area (Å²) in [4.78, 5) is 12.7. The molecule has 136 valence electrons. The van der Waals surface area contributed by atoms with E-state index in [2.05, 4.69) is 0 Å². The summed E-state index contributed by atoms with van der Waals surface area (Å²) in [6, 6.07) is 8.28. The number of anilines is 1. The van der Waals surface area contributed by atoms with Crippen LogP contribution in [0.4, 0.5) is 5.69 Å². The SMILES string of the molecule is COP(=O)(c1ccc(Cl)cc1)N(C)c1cc(C(C)(C)C)sc1C(=O)O. The van der Waals surface area contributed by atoms with Crippen LogP contribution in [0.25, 0.3) is 0 Å². The number of thiophene rings is 1. The number of halogens is 1. The summed E-state index contributed by atoms with van der Waals surface area (Å²) >= 11 is 7.09. The Kier molecular flexibility index (Phi) is 5.69. The van der Waals surface area contributed by atoms with Gasteiger partial charge in [0.2, 0.25) is 0 Å². The first kappa shape index (κ1) is 20.0. The quantitative estimate of drug-likeness (QED) is 0.714. The highest BCUT2D eigenvalue weighted by atomic mass is 35.5. The molecule has 0 aliphatic carbocycles. The second kappa shape index (κ2) is 7.12. The van der Waals surface area contributed by atoms with Crippen molar-refractivity contribution < 1.29 is 19.0 Å². The van der Waals surface area contributed by atoms with Crippen molar-refractivity contribution in [1.82, 2.24) is 0 Å². The topological polar surface area (TPSA) is 66.8 Å². The smallest absolute Gasteiger partial charge is 0.348 e. The van der Waals surface area contributed by atoms with E-state index in [4.69, 9.17) is 16.1 Å². The molecule has 0 aliphatic heterocycles. The first-order chi connectivity index (χ1) is 11.5. The Morgan fingerprint density at radius 2 is 1.84 bits per heavy atom. The van der Waals surface area contributed by atoms with Gasteiger partial charge in [-0.15, -0.1) is 11.3 Å². The number of hydrogen-bond acceptors (Lipinski definition) is 4. The van der Waals surface area contributed by atoms with Crippen LogP contribution in [-0.4, -0.2) is 25.2 Å². The number of benzene rings is 1. The van der Waals surface area contributed by atoms with Gasteiger partial charge in [-0.3, -0.25) is 9.24 Å². The third-order valence-electron chi connectivity index (χ3n) is 3.79. The van der Waals surface area contributed by atoms with Crippen LogP contribution >= 0.6 is 30.5 Å². The molecule has 1 atom stereocenters. The zero-order chi connectivity index (χ0) is 19.0. The molecule has 25 heavy (non-hydrogen) atoms. The lowest BCUT2D eigenvalue weighted by Gasteiger charge is -2.28. The van der Waals surface area contributed by atoms with Crippen molar-refractivity contribution in [2.24, 2.45) is 0 Å². The lowest BCUT2D eigenvalue weighted by atomic mass is 9.94. The molecule has 0 fully saturated rings. The van der Waals surface area contributed by atoms with Crippen LogP contribution in [0.5, 0.6) is 0 Å². The van der Waals surface area contributed by atoms with Crippen molar-refractivity contribution in [3.05, 3.63) is 45.1 Å². The fourth-order valence-electron chi connectivity index (χ4n) is 2.32. The molecule has 1 unspecified atom stereocenters. The van der Waals surface area contributed by atoms with E-state index in [0.29, 0.717) is 16.0 Å². The maximum absolute atomic E-state index is 13.5.